The number of ether oxygens (including phenoxy) is 2. The SMILES string of the molecule is COc1nn(CCC(=O)Nc2cc(C)ccc2OC(F)F)cc1[N+](=O)[O-]. The molecule has 0 aliphatic rings. The molecule has 0 aliphatic carbocycles. The second-order valence-electron chi connectivity index (χ2n) is 5.22. The van der Waals surface area contributed by atoms with Crippen molar-refractivity contribution in [1.29, 1.82) is 0 Å². The first kappa shape index (κ1) is 19.1. The van der Waals surface area contributed by atoms with Crippen LogP contribution in [0.5, 0.6) is 11.6 Å². The summed E-state index contributed by atoms with van der Waals surface area (Å²) in [5.41, 5.74) is 0.535. The summed E-state index contributed by atoms with van der Waals surface area (Å²) in [6, 6.07) is 4.40. The zero-order valence-corrected chi connectivity index (χ0v) is 13.9. The van der Waals surface area contributed by atoms with Gasteiger partial charge in [-0.2, -0.15) is 8.78 Å². The Morgan fingerprint density at radius 1 is 1.46 bits per heavy atom. The quantitative estimate of drug-likeness (QED) is 0.565. The molecule has 0 spiro atoms. The van der Waals surface area contributed by atoms with Crippen molar-refractivity contribution in [3.05, 3.63) is 40.1 Å². The van der Waals surface area contributed by atoms with Gasteiger partial charge in [-0.15, -0.1) is 5.10 Å². The summed E-state index contributed by atoms with van der Waals surface area (Å²) in [5.74, 6) is -0.816. The van der Waals surface area contributed by atoms with E-state index in [0.717, 1.165) is 11.8 Å². The zero-order chi connectivity index (χ0) is 19.3. The second-order valence-corrected chi connectivity index (χ2v) is 5.22. The van der Waals surface area contributed by atoms with E-state index in [1.807, 2.05) is 0 Å². The molecule has 0 atom stereocenters. The predicted octanol–water partition coefficient (Wildman–Crippen LogP) is 2.74. The highest BCUT2D eigenvalue weighted by Gasteiger charge is 2.20. The van der Waals surface area contributed by atoms with Crippen LogP contribution in [-0.2, 0) is 11.3 Å². The third-order valence-corrected chi connectivity index (χ3v) is 3.29. The lowest BCUT2D eigenvalue weighted by Crippen LogP contribution is -2.16. The number of carbonyl (C=O) groups is 1. The van der Waals surface area contributed by atoms with Crippen LogP contribution in [0.3, 0.4) is 0 Å². The third kappa shape index (κ3) is 4.88. The fourth-order valence-corrected chi connectivity index (χ4v) is 2.15. The minimum Gasteiger partial charge on any atom is -0.475 e. The van der Waals surface area contributed by atoms with E-state index in [0.29, 0.717) is 0 Å². The summed E-state index contributed by atoms with van der Waals surface area (Å²) >= 11 is 0. The monoisotopic (exact) mass is 370 g/mol. The van der Waals surface area contributed by atoms with E-state index in [9.17, 15) is 23.7 Å². The van der Waals surface area contributed by atoms with Crippen LogP contribution in [0.4, 0.5) is 20.2 Å². The van der Waals surface area contributed by atoms with Gasteiger partial charge in [0.2, 0.25) is 5.91 Å². The number of amides is 1. The van der Waals surface area contributed by atoms with E-state index in [1.54, 1.807) is 13.0 Å². The molecule has 0 saturated carbocycles. The Morgan fingerprint density at radius 3 is 2.77 bits per heavy atom. The first-order chi connectivity index (χ1) is 12.3. The van der Waals surface area contributed by atoms with Gasteiger partial charge in [0.15, 0.2) is 0 Å². The topological polar surface area (TPSA) is 109 Å². The van der Waals surface area contributed by atoms with Crippen LogP contribution in [0.2, 0.25) is 0 Å². The van der Waals surface area contributed by atoms with Gasteiger partial charge in [-0.3, -0.25) is 19.6 Å². The maximum atomic E-state index is 12.4. The maximum Gasteiger partial charge on any atom is 0.387 e. The predicted molar refractivity (Wildman–Crippen MR) is 86.5 cm³/mol. The fourth-order valence-electron chi connectivity index (χ4n) is 2.15. The molecule has 11 heteroatoms. The molecule has 0 radical (unpaired) electrons. The maximum absolute atomic E-state index is 12.4. The van der Waals surface area contributed by atoms with Crippen molar-refractivity contribution in [1.82, 2.24) is 9.78 Å². The lowest BCUT2D eigenvalue weighted by molar-refractivity contribution is -0.385. The lowest BCUT2D eigenvalue weighted by atomic mass is 10.2. The molecule has 140 valence electrons. The minimum atomic E-state index is -3.02. The Balaban J connectivity index is 2.03. The highest BCUT2D eigenvalue weighted by molar-refractivity contribution is 5.92. The molecule has 26 heavy (non-hydrogen) atoms. The number of methoxy groups -OCH3 is 1. The van der Waals surface area contributed by atoms with Gasteiger partial charge in [-0.1, -0.05) is 6.07 Å². The van der Waals surface area contributed by atoms with Crippen molar-refractivity contribution in [2.24, 2.45) is 0 Å². The Morgan fingerprint density at radius 2 is 2.19 bits per heavy atom. The normalized spacial score (nSPS) is 10.7. The standard InChI is InChI=1S/C15H16F2N4O5/c1-9-3-4-12(26-15(16)17)10(7-9)18-13(22)5-6-20-8-11(21(23)24)14(19-20)25-2/h3-4,7-8,15H,5-6H2,1-2H3,(H,18,22). The zero-order valence-electron chi connectivity index (χ0n) is 13.9. The van der Waals surface area contributed by atoms with Crippen LogP contribution in [0.25, 0.3) is 0 Å². The van der Waals surface area contributed by atoms with Gasteiger partial charge in [-0.25, -0.2) is 0 Å². The van der Waals surface area contributed by atoms with E-state index < -0.39 is 17.4 Å². The van der Waals surface area contributed by atoms with Crippen LogP contribution >= 0.6 is 0 Å². The van der Waals surface area contributed by atoms with E-state index in [2.05, 4.69) is 15.2 Å². The number of rotatable bonds is 8. The van der Waals surface area contributed by atoms with Crippen molar-refractivity contribution < 1.29 is 28.0 Å². The molecule has 1 N–H and O–H groups in total. The summed E-state index contributed by atoms with van der Waals surface area (Å²) in [6.07, 6.45) is 1.05. The van der Waals surface area contributed by atoms with Gasteiger partial charge >= 0.3 is 18.2 Å². The smallest absolute Gasteiger partial charge is 0.387 e. The Hall–Kier alpha value is -3.24. The molecular weight excluding hydrogens is 354 g/mol. The number of hydrogen-bond donors (Lipinski definition) is 1. The van der Waals surface area contributed by atoms with Gasteiger partial charge < -0.3 is 14.8 Å². The Kier molecular flexibility index (Phi) is 6.04. The van der Waals surface area contributed by atoms with E-state index in [-0.39, 0.29) is 36.0 Å². The van der Waals surface area contributed by atoms with Crippen molar-refractivity contribution in [2.75, 3.05) is 12.4 Å². The largest absolute Gasteiger partial charge is 0.475 e. The first-order valence-corrected chi connectivity index (χ1v) is 7.41. The van der Waals surface area contributed by atoms with Crippen LogP contribution in [0, 0.1) is 17.0 Å². The van der Waals surface area contributed by atoms with Gasteiger partial charge in [0, 0.05) is 6.42 Å². The number of nitro groups is 1. The molecule has 2 rings (SSSR count). The van der Waals surface area contributed by atoms with Gasteiger partial charge in [0.05, 0.1) is 24.3 Å². The molecule has 9 nitrogen and oxygen atoms in total. The molecule has 0 fully saturated rings. The number of benzene rings is 1. The lowest BCUT2D eigenvalue weighted by Gasteiger charge is -2.12. The molecule has 0 bridgehead atoms. The van der Waals surface area contributed by atoms with E-state index in [4.69, 9.17) is 4.74 Å². The molecule has 2 aromatic rings. The molecule has 0 unspecified atom stereocenters. The summed E-state index contributed by atoms with van der Waals surface area (Å²) in [6.45, 7) is -1.26. The average molecular weight is 370 g/mol. The summed E-state index contributed by atoms with van der Waals surface area (Å²) in [5, 5.41) is 17.2. The van der Waals surface area contributed by atoms with Gasteiger partial charge in [0.25, 0.3) is 0 Å². The molecule has 1 heterocycles. The van der Waals surface area contributed by atoms with Crippen molar-refractivity contribution in [2.45, 2.75) is 26.5 Å². The van der Waals surface area contributed by atoms with Crippen molar-refractivity contribution in [3.63, 3.8) is 0 Å². The van der Waals surface area contributed by atoms with Crippen LogP contribution in [0.15, 0.2) is 24.4 Å². The number of anilines is 1. The molecule has 0 saturated heterocycles. The highest BCUT2D eigenvalue weighted by Crippen LogP contribution is 2.28. The Labute approximate surface area is 146 Å². The summed E-state index contributed by atoms with van der Waals surface area (Å²) in [4.78, 5) is 22.3. The van der Waals surface area contributed by atoms with Crippen LogP contribution < -0.4 is 14.8 Å². The van der Waals surface area contributed by atoms with E-state index >= 15 is 0 Å². The molecule has 1 aromatic carbocycles. The molecule has 1 amide bonds. The van der Waals surface area contributed by atoms with Gasteiger partial charge in [-0.05, 0) is 24.6 Å². The Bertz CT molecular complexity index is 809. The first-order valence-electron chi connectivity index (χ1n) is 7.41. The number of aryl methyl sites for hydroxylation is 2. The van der Waals surface area contributed by atoms with Gasteiger partial charge in [0.1, 0.15) is 11.9 Å². The second kappa shape index (κ2) is 8.23. The number of nitrogens with zero attached hydrogens (tertiary/aromatic N) is 3. The van der Waals surface area contributed by atoms with Crippen LogP contribution in [-0.4, -0.2) is 34.3 Å². The summed E-state index contributed by atoms with van der Waals surface area (Å²) < 4.78 is 35.2. The highest BCUT2D eigenvalue weighted by atomic mass is 19.3. The average Bonchev–Trinajstić information content (AvgIpc) is 2.99. The van der Waals surface area contributed by atoms with E-state index in [1.165, 1.54) is 23.9 Å². The van der Waals surface area contributed by atoms with Crippen LogP contribution in [0.1, 0.15) is 12.0 Å². The van der Waals surface area contributed by atoms with Crippen molar-refractivity contribution >= 4 is 17.3 Å². The molecule has 1 aromatic heterocycles. The molecular formula is C15H16F2N4O5. The number of alkyl halides is 2. The third-order valence-electron chi connectivity index (χ3n) is 3.29. The number of nitrogens with one attached hydrogen (secondary N) is 1. The number of hydrogen-bond acceptors (Lipinski definition) is 6. The summed E-state index contributed by atoms with van der Waals surface area (Å²) in [7, 11) is 1.24. The minimum absolute atomic E-state index is 0.0346. The number of aromatic nitrogens is 2. The van der Waals surface area contributed by atoms with Crippen molar-refractivity contribution in [3.8, 4) is 11.6 Å². The molecule has 0 aliphatic heterocycles. The fraction of sp³-hybridized carbons (Fsp3) is 0.333. The number of halogens is 2. The number of carbonyl (C=O) groups excluding carboxylic acids is 1.